The number of anilines is 1. The van der Waals surface area contributed by atoms with E-state index in [2.05, 4.69) is 20.2 Å². The van der Waals surface area contributed by atoms with Crippen molar-refractivity contribution in [2.24, 2.45) is 0 Å². The molecule has 0 radical (unpaired) electrons. The lowest BCUT2D eigenvalue weighted by Gasteiger charge is -2.20. The van der Waals surface area contributed by atoms with E-state index in [4.69, 9.17) is 9.47 Å². The van der Waals surface area contributed by atoms with Crippen LogP contribution < -0.4 is 25.2 Å². The molecule has 0 bridgehead atoms. The number of H-pyrrole nitrogens is 1. The number of nitrogens with zero attached hydrogens (tertiary/aromatic N) is 2. The fourth-order valence-electron chi connectivity index (χ4n) is 2.66. The zero-order valence-electron chi connectivity index (χ0n) is 12.8. The maximum absolute atomic E-state index is 12.4. The molecule has 1 aliphatic heterocycles. The van der Waals surface area contributed by atoms with Crippen molar-refractivity contribution >= 4 is 16.9 Å². The molecule has 1 aromatic carbocycles. The van der Waals surface area contributed by atoms with Gasteiger partial charge in [-0.15, -0.1) is 0 Å². The number of methoxy groups -OCH3 is 2. The summed E-state index contributed by atoms with van der Waals surface area (Å²) in [6, 6.07) is 3.40. The van der Waals surface area contributed by atoms with E-state index in [1.54, 1.807) is 26.4 Å². The van der Waals surface area contributed by atoms with Crippen molar-refractivity contribution < 1.29 is 9.47 Å². The van der Waals surface area contributed by atoms with Crippen molar-refractivity contribution in [3.05, 3.63) is 22.5 Å². The van der Waals surface area contributed by atoms with Crippen LogP contribution in [0.15, 0.2) is 16.9 Å². The molecule has 0 atom stereocenters. The minimum Gasteiger partial charge on any atom is -0.493 e. The van der Waals surface area contributed by atoms with E-state index >= 15 is 0 Å². The van der Waals surface area contributed by atoms with Gasteiger partial charge in [0.1, 0.15) is 0 Å². The lowest BCUT2D eigenvalue weighted by molar-refractivity contribution is 0.355. The Balaban J connectivity index is 2.08. The Morgan fingerprint density at radius 1 is 1.14 bits per heavy atom. The van der Waals surface area contributed by atoms with E-state index in [9.17, 15) is 4.79 Å². The molecule has 1 saturated heterocycles. The zero-order chi connectivity index (χ0) is 15.5. The van der Waals surface area contributed by atoms with Crippen LogP contribution >= 0.6 is 0 Å². The predicted molar refractivity (Wildman–Crippen MR) is 85.2 cm³/mol. The average molecular weight is 304 g/mol. The van der Waals surface area contributed by atoms with Gasteiger partial charge in [-0.25, -0.2) is 4.98 Å². The lowest BCUT2D eigenvalue weighted by Crippen LogP contribution is -2.31. The first-order valence-electron chi connectivity index (χ1n) is 7.34. The first-order valence-corrected chi connectivity index (χ1v) is 7.34. The van der Waals surface area contributed by atoms with Gasteiger partial charge in [0.15, 0.2) is 11.5 Å². The molecule has 0 unspecified atom stereocenters. The fraction of sp³-hybridized carbons (Fsp3) is 0.467. The summed E-state index contributed by atoms with van der Waals surface area (Å²) in [6.07, 6.45) is 1.02. The Hall–Kier alpha value is -2.28. The van der Waals surface area contributed by atoms with Crippen LogP contribution in [-0.2, 0) is 0 Å². The lowest BCUT2D eigenvalue weighted by atomic mass is 10.2. The molecule has 1 aromatic heterocycles. The maximum atomic E-state index is 12.4. The molecule has 1 fully saturated rings. The molecular weight excluding hydrogens is 284 g/mol. The highest BCUT2D eigenvalue weighted by atomic mass is 16.5. The molecule has 0 spiro atoms. The molecule has 0 aliphatic carbocycles. The van der Waals surface area contributed by atoms with Crippen molar-refractivity contribution in [3.63, 3.8) is 0 Å². The molecule has 1 aliphatic rings. The summed E-state index contributed by atoms with van der Waals surface area (Å²) in [7, 11) is 3.11. The second-order valence-electron chi connectivity index (χ2n) is 5.20. The number of fused-ring (bicyclic) bond motifs is 1. The van der Waals surface area contributed by atoms with Crippen molar-refractivity contribution in [3.8, 4) is 11.5 Å². The van der Waals surface area contributed by atoms with E-state index in [0.29, 0.717) is 28.4 Å². The molecule has 0 amide bonds. The molecular formula is C15H20N4O3. The third-order valence-corrected chi connectivity index (χ3v) is 3.84. The third-order valence-electron chi connectivity index (χ3n) is 3.84. The van der Waals surface area contributed by atoms with Crippen LogP contribution in [0.5, 0.6) is 11.5 Å². The van der Waals surface area contributed by atoms with Gasteiger partial charge in [-0.3, -0.25) is 9.78 Å². The van der Waals surface area contributed by atoms with Crippen LogP contribution in [0.4, 0.5) is 5.95 Å². The number of rotatable bonds is 3. The van der Waals surface area contributed by atoms with Crippen LogP contribution in [-0.4, -0.2) is 50.4 Å². The standard InChI is InChI=1S/C15H20N4O3/c1-21-12-8-10-11(9-13(12)22-2)17-15(18-14(10)20)19-6-3-4-16-5-7-19/h8-9,16H,3-7H2,1-2H3,(H,17,18,20). The third kappa shape index (κ3) is 2.71. The van der Waals surface area contributed by atoms with E-state index in [-0.39, 0.29) is 5.56 Å². The van der Waals surface area contributed by atoms with Gasteiger partial charge in [-0.1, -0.05) is 0 Å². The molecule has 22 heavy (non-hydrogen) atoms. The Morgan fingerprint density at radius 2 is 1.91 bits per heavy atom. The molecule has 0 saturated carbocycles. The zero-order valence-corrected chi connectivity index (χ0v) is 12.8. The normalized spacial score (nSPS) is 15.6. The first-order chi connectivity index (χ1) is 10.7. The fourth-order valence-corrected chi connectivity index (χ4v) is 2.66. The van der Waals surface area contributed by atoms with Crippen molar-refractivity contribution in [2.45, 2.75) is 6.42 Å². The topological polar surface area (TPSA) is 79.5 Å². The summed E-state index contributed by atoms with van der Waals surface area (Å²) in [5.74, 6) is 1.69. The molecule has 7 nitrogen and oxygen atoms in total. The summed E-state index contributed by atoms with van der Waals surface area (Å²) < 4.78 is 10.5. The van der Waals surface area contributed by atoms with Gasteiger partial charge in [0.05, 0.1) is 25.1 Å². The van der Waals surface area contributed by atoms with Gasteiger partial charge in [0.2, 0.25) is 5.95 Å². The van der Waals surface area contributed by atoms with Gasteiger partial charge in [-0.2, -0.15) is 0 Å². The van der Waals surface area contributed by atoms with E-state index in [0.717, 1.165) is 32.6 Å². The van der Waals surface area contributed by atoms with Gasteiger partial charge >= 0.3 is 0 Å². The number of ether oxygens (including phenoxy) is 2. The predicted octanol–water partition coefficient (Wildman–Crippen LogP) is 0.740. The number of nitrogens with one attached hydrogen (secondary N) is 2. The van der Waals surface area contributed by atoms with Crippen LogP contribution in [0.2, 0.25) is 0 Å². The number of hydrogen-bond acceptors (Lipinski definition) is 6. The average Bonchev–Trinajstić information content (AvgIpc) is 2.82. The molecule has 7 heteroatoms. The highest BCUT2D eigenvalue weighted by Crippen LogP contribution is 2.30. The van der Waals surface area contributed by atoms with Crippen molar-refractivity contribution in [1.82, 2.24) is 15.3 Å². The molecule has 118 valence electrons. The molecule has 2 aromatic rings. The summed E-state index contributed by atoms with van der Waals surface area (Å²) in [4.78, 5) is 21.9. The molecule has 2 heterocycles. The monoisotopic (exact) mass is 304 g/mol. The molecule has 2 N–H and O–H groups in total. The summed E-state index contributed by atoms with van der Waals surface area (Å²) in [5.41, 5.74) is 0.437. The van der Waals surface area contributed by atoms with Crippen LogP contribution in [0.1, 0.15) is 6.42 Å². The molecule has 3 rings (SSSR count). The number of aromatic nitrogens is 2. The minimum atomic E-state index is -0.168. The maximum Gasteiger partial charge on any atom is 0.260 e. The van der Waals surface area contributed by atoms with Gasteiger partial charge in [0.25, 0.3) is 5.56 Å². The van der Waals surface area contributed by atoms with E-state index in [1.165, 1.54) is 0 Å². The smallest absolute Gasteiger partial charge is 0.260 e. The second-order valence-corrected chi connectivity index (χ2v) is 5.20. The number of aromatic amines is 1. The summed E-state index contributed by atoms with van der Waals surface area (Å²) in [6.45, 7) is 3.56. The quantitative estimate of drug-likeness (QED) is 0.871. The second kappa shape index (κ2) is 6.23. The largest absolute Gasteiger partial charge is 0.493 e. The Bertz CT molecular complexity index is 721. The summed E-state index contributed by atoms with van der Waals surface area (Å²) in [5, 5.41) is 3.83. The van der Waals surface area contributed by atoms with Crippen LogP contribution in [0.25, 0.3) is 10.9 Å². The van der Waals surface area contributed by atoms with Crippen LogP contribution in [0, 0.1) is 0 Å². The minimum absolute atomic E-state index is 0.168. The first kappa shape index (κ1) is 14.6. The van der Waals surface area contributed by atoms with Crippen molar-refractivity contribution in [2.75, 3.05) is 45.3 Å². The Labute approximate surface area is 128 Å². The van der Waals surface area contributed by atoms with E-state index in [1.807, 2.05) is 0 Å². The van der Waals surface area contributed by atoms with E-state index < -0.39 is 0 Å². The van der Waals surface area contributed by atoms with Gasteiger partial charge < -0.3 is 19.7 Å². The number of hydrogen-bond donors (Lipinski definition) is 2. The Kier molecular flexibility index (Phi) is 4.15. The van der Waals surface area contributed by atoms with Crippen molar-refractivity contribution in [1.29, 1.82) is 0 Å². The highest BCUT2D eigenvalue weighted by molar-refractivity contribution is 5.82. The van der Waals surface area contributed by atoms with Gasteiger partial charge in [0, 0.05) is 25.7 Å². The highest BCUT2D eigenvalue weighted by Gasteiger charge is 2.15. The SMILES string of the molecule is COc1cc2nc(N3CCCNCC3)[nH]c(=O)c2cc1OC. The van der Waals surface area contributed by atoms with Crippen LogP contribution in [0.3, 0.4) is 0 Å². The Morgan fingerprint density at radius 3 is 2.68 bits per heavy atom. The van der Waals surface area contributed by atoms with Gasteiger partial charge in [-0.05, 0) is 19.0 Å². The summed E-state index contributed by atoms with van der Waals surface area (Å²) >= 11 is 0. The number of benzene rings is 1.